The summed E-state index contributed by atoms with van der Waals surface area (Å²) in [6, 6.07) is 16.5. The van der Waals surface area contributed by atoms with Gasteiger partial charge in [0.15, 0.2) is 5.11 Å². The Hall–Kier alpha value is -1.43. The molecule has 5 heteroatoms. The van der Waals surface area contributed by atoms with Gasteiger partial charge in [0, 0.05) is 23.2 Å². The summed E-state index contributed by atoms with van der Waals surface area (Å²) in [7, 11) is 4.14. The minimum atomic E-state index is 0.621. The molecule has 0 heterocycles. The second-order valence-corrected chi connectivity index (χ2v) is 6.70. The Morgan fingerprint density at radius 2 is 1.77 bits per heavy atom. The summed E-state index contributed by atoms with van der Waals surface area (Å²) in [5.41, 5.74) is 3.48. The highest BCUT2D eigenvalue weighted by molar-refractivity contribution is 9.10. The fraction of sp³-hybridized carbons (Fsp3) is 0.235. The van der Waals surface area contributed by atoms with E-state index in [1.54, 1.807) is 0 Å². The Bertz CT molecular complexity index is 626. The average molecular weight is 378 g/mol. The summed E-state index contributed by atoms with van der Waals surface area (Å²) < 4.78 is 1.02. The maximum absolute atomic E-state index is 5.32. The lowest BCUT2D eigenvalue weighted by Crippen LogP contribution is -2.27. The zero-order valence-corrected chi connectivity index (χ0v) is 15.2. The van der Waals surface area contributed by atoms with E-state index in [-0.39, 0.29) is 0 Å². The molecule has 2 aromatic carbocycles. The van der Waals surface area contributed by atoms with Gasteiger partial charge in [-0.15, -0.1) is 0 Å². The maximum Gasteiger partial charge on any atom is 0.171 e. The van der Waals surface area contributed by atoms with Crippen LogP contribution in [0.4, 0.5) is 5.69 Å². The number of thiocarbonyl (C=S) groups is 1. The van der Waals surface area contributed by atoms with E-state index < -0.39 is 0 Å². The molecule has 0 aromatic heterocycles. The number of halogens is 1. The van der Waals surface area contributed by atoms with Crippen LogP contribution in [0, 0.1) is 0 Å². The first-order valence-electron chi connectivity index (χ1n) is 7.06. The first-order chi connectivity index (χ1) is 10.5. The van der Waals surface area contributed by atoms with Gasteiger partial charge in [0.05, 0.1) is 0 Å². The third-order valence-electron chi connectivity index (χ3n) is 3.06. The summed E-state index contributed by atoms with van der Waals surface area (Å²) in [5.74, 6) is 0. The van der Waals surface area contributed by atoms with Crippen molar-refractivity contribution < 1.29 is 0 Å². The van der Waals surface area contributed by atoms with Crippen molar-refractivity contribution in [3.05, 3.63) is 64.1 Å². The van der Waals surface area contributed by atoms with Crippen LogP contribution in [0.1, 0.15) is 11.1 Å². The molecule has 0 aliphatic carbocycles. The van der Waals surface area contributed by atoms with Gasteiger partial charge in [-0.25, -0.2) is 0 Å². The lowest BCUT2D eigenvalue weighted by molar-refractivity contribution is 0.402. The molecule has 2 aromatic rings. The van der Waals surface area contributed by atoms with Crippen molar-refractivity contribution in [2.24, 2.45) is 0 Å². The number of rotatable bonds is 5. The van der Waals surface area contributed by atoms with Gasteiger partial charge in [0.2, 0.25) is 0 Å². The number of hydrogen-bond donors (Lipinski definition) is 2. The van der Waals surface area contributed by atoms with Crippen LogP contribution in [0.25, 0.3) is 0 Å². The zero-order valence-electron chi connectivity index (χ0n) is 12.8. The van der Waals surface area contributed by atoms with Gasteiger partial charge in [-0.2, -0.15) is 0 Å². The van der Waals surface area contributed by atoms with E-state index in [4.69, 9.17) is 12.2 Å². The number of nitrogens with zero attached hydrogens (tertiary/aromatic N) is 1. The predicted octanol–water partition coefficient (Wildman–Crippen LogP) is 4.00. The minimum absolute atomic E-state index is 0.621. The van der Waals surface area contributed by atoms with Gasteiger partial charge in [0.1, 0.15) is 0 Å². The second kappa shape index (κ2) is 8.27. The summed E-state index contributed by atoms with van der Waals surface area (Å²) >= 11 is 8.76. The largest absolute Gasteiger partial charge is 0.358 e. The smallest absolute Gasteiger partial charge is 0.171 e. The van der Waals surface area contributed by atoms with E-state index in [0.717, 1.165) is 16.7 Å². The molecule has 0 amide bonds. The molecule has 3 nitrogen and oxygen atoms in total. The topological polar surface area (TPSA) is 27.3 Å². The van der Waals surface area contributed by atoms with Crippen molar-refractivity contribution >= 4 is 38.9 Å². The highest BCUT2D eigenvalue weighted by Crippen LogP contribution is 2.15. The van der Waals surface area contributed by atoms with E-state index in [0.29, 0.717) is 11.7 Å². The number of hydrogen-bond acceptors (Lipinski definition) is 2. The van der Waals surface area contributed by atoms with Crippen LogP contribution in [0.2, 0.25) is 0 Å². The summed E-state index contributed by atoms with van der Waals surface area (Å²) in [6.45, 7) is 1.67. The fourth-order valence-corrected chi connectivity index (χ4v) is 2.64. The molecule has 0 aliphatic heterocycles. The average Bonchev–Trinajstić information content (AvgIpc) is 2.46. The molecule has 22 heavy (non-hydrogen) atoms. The molecular formula is C17H20BrN3S. The Balaban J connectivity index is 1.83. The molecule has 0 saturated heterocycles. The maximum atomic E-state index is 5.32. The molecule has 0 fully saturated rings. The van der Waals surface area contributed by atoms with Crippen molar-refractivity contribution in [1.29, 1.82) is 0 Å². The van der Waals surface area contributed by atoms with Gasteiger partial charge < -0.3 is 15.5 Å². The molecule has 116 valence electrons. The van der Waals surface area contributed by atoms with Crippen LogP contribution >= 0.6 is 28.1 Å². The summed E-state index contributed by atoms with van der Waals surface area (Å²) in [5, 5.41) is 7.02. The van der Waals surface area contributed by atoms with Crippen LogP contribution in [-0.4, -0.2) is 24.1 Å². The quantitative estimate of drug-likeness (QED) is 0.770. The number of nitrogens with one attached hydrogen (secondary N) is 2. The van der Waals surface area contributed by atoms with Crippen LogP contribution in [0.3, 0.4) is 0 Å². The van der Waals surface area contributed by atoms with E-state index >= 15 is 0 Å². The molecule has 2 N–H and O–H groups in total. The third-order valence-corrected chi connectivity index (χ3v) is 3.80. The van der Waals surface area contributed by atoms with Gasteiger partial charge >= 0.3 is 0 Å². The van der Waals surface area contributed by atoms with Gasteiger partial charge in [-0.3, -0.25) is 0 Å². The monoisotopic (exact) mass is 377 g/mol. The molecule has 0 unspecified atom stereocenters. The van der Waals surface area contributed by atoms with Crippen LogP contribution < -0.4 is 10.6 Å². The predicted molar refractivity (Wildman–Crippen MR) is 101 cm³/mol. The van der Waals surface area contributed by atoms with Gasteiger partial charge in [0.25, 0.3) is 0 Å². The Labute approximate surface area is 145 Å². The highest BCUT2D eigenvalue weighted by atomic mass is 79.9. The summed E-state index contributed by atoms with van der Waals surface area (Å²) in [4.78, 5) is 2.16. The van der Waals surface area contributed by atoms with Crippen LogP contribution in [0.5, 0.6) is 0 Å². The molecule has 0 atom stereocenters. The second-order valence-electron chi connectivity index (χ2n) is 5.37. The molecule has 0 bridgehead atoms. The molecule has 0 radical (unpaired) electrons. The van der Waals surface area contributed by atoms with Crippen LogP contribution in [-0.2, 0) is 13.1 Å². The first-order valence-corrected chi connectivity index (χ1v) is 8.26. The summed E-state index contributed by atoms with van der Waals surface area (Å²) in [6.07, 6.45) is 0. The number of benzene rings is 2. The van der Waals surface area contributed by atoms with Gasteiger partial charge in [-0.1, -0.05) is 46.3 Å². The standard InChI is InChI=1S/C17H20BrN3S/c1-21(2)12-14-8-6-13(7-9-14)11-19-17(22)20-16-5-3-4-15(18)10-16/h3-10H,11-12H2,1-2H3,(H2,19,20,22). The van der Waals surface area contributed by atoms with Crippen LogP contribution in [0.15, 0.2) is 53.0 Å². The van der Waals surface area contributed by atoms with Crippen molar-refractivity contribution in [1.82, 2.24) is 10.2 Å². The lowest BCUT2D eigenvalue weighted by atomic mass is 10.1. The van der Waals surface area contributed by atoms with Crippen molar-refractivity contribution in [2.75, 3.05) is 19.4 Å². The Kier molecular flexibility index (Phi) is 6.36. The van der Waals surface area contributed by atoms with E-state index in [2.05, 4.69) is 69.8 Å². The fourth-order valence-electron chi connectivity index (χ4n) is 2.05. The normalized spacial score (nSPS) is 10.5. The molecular weight excluding hydrogens is 358 g/mol. The minimum Gasteiger partial charge on any atom is -0.358 e. The molecule has 0 spiro atoms. The van der Waals surface area contributed by atoms with E-state index in [1.165, 1.54) is 11.1 Å². The van der Waals surface area contributed by atoms with Gasteiger partial charge in [-0.05, 0) is 55.6 Å². The Morgan fingerprint density at radius 1 is 1.09 bits per heavy atom. The Morgan fingerprint density at radius 3 is 2.41 bits per heavy atom. The van der Waals surface area contributed by atoms with Crippen molar-refractivity contribution in [3.8, 4) is 0 Å². The molecule has 0 aliphatic rings. The molecule has 0 saturated carbocycles. The van der Waals surface area contributed by atoms with Crippen molar-refractivity contribution in [2.45, 2.75) is 13.1 Å². The van der Waals surface area contributed by atoms with E-state index in [9.17, 15) is 0 Å². The van der Waals surface area contributed by atoms with E-state index in [1.807, 2.05) is 24.3 Å². The van der Waals surface area contributed by atoms with Crippen molar-refractivity contribution in [3.63, 3.8) is 0 Å². The third kappa shape index (κ3) is 5.75. The lowest BCUT2D eigenvalue weighted by Gasteiger charge is -2.12. The first kappa shape index (κ1) is 16.9. The highest BCUT2D eigenvalue weighted by Gasteiger charge is 2.00. The number of anilines is 1. The SMILES string of the molecule is CN(C)Cc1ccc(CNC(=S)Nc2cccc(Br)c2)cc1. The molecule has 2 rings (SSSR count). The zero-order chi connectivity index (χ0) is 15.9.